The van der Waals surface area contributed by atoms with E-state index in [1.807, 2.05) is 27.0 Å². The Balaban J connectivity index is 1.19. The topological polar surface area (TPSA) is 85.2 Å². The van der Waals surface area contributed by atoms with Gasteiger partial charge in [0.05, 0.1) is 28.6 Å². The van der Waals surface area contributed by atoms with Crippen LogP contribution < -0.4 is 5.32 Å². The third kappa shape index (κ3) is 7.44. The largest absolute Gasteiger partial charge is 0.444 e. The molecule has 1 saturated carbocycles. The molecule has 39 heavy (non-hydrogen) atoms. The van der Waals surface area contributed by atoms with Gasteiger partial charge >= 0.3 is 6.09 Å². The number of aryl methyl sites for hydroxylation is 1. The van der Waals surface area contributed by atoms with Crippen molar-refractivity contribution in [1.82, 2.24) is 30.0 Å². The van der Waals surface area contributed by atoms with Crippen molar-refractivity contribution in [3.05, 3.63) is 47.9 Å². The van der Waals surface area contributed by atoms with E-state index in [2.05, 4.69) is 52.4 Å². The Morgan fingerprint density at radius 3 is 2.69 bits per heavy atom. The van der Waals surface area contributed by atoms with Crippen LogP contribution in [-0.2, 0) is 11.3 Å². The molecule has 0 radical (unpaired) electrons. The number of amides is 1. The number of carbonyl (C=O) groups excluding carboxylic acids is 1. The zero-order chi connectivity index (χ0) is 27.4. The van der Waals surface area contributed by atoms with Gasteiger partial charge in [-0.25, -0.2) is 9.78 Å². The Morgan fingerprint density at radius 1 is 1.13 bits per heavy atom. The SMILES string of the molecule is CN1CC=C(c2ccc3ncc(-c4cn(CCCCCCNC(=O)OC(C)(C)C)nc4C4CC4)nc3c2)CC1. The van der Waals surface area contributed by atoms with Crippen molar-refractivity contribution in [2.75, 3.05) is 26.7 Å². The number of carbonyl (C=O) groups is 1. The summed E-state index contributed by atoms with van der Waals surface area (Å²) in [7, 11) is 2.16. The molecule has 1 aliphatic carbocycles. The molecule has 2 aromatic heterocycles. The van der Waals surface area contributed by atoms with E-state index < -0.39 is 5.60 Å². The third-order valence-corrected chi connectivity index (χ3v) is 7.34. The molecular formula is C31H42N6O2. The van der Waals surface area contributed by atoms with Crippen LogP contribution >= 0.6 is 0 Å². The molecule has 1 aliphatic heterocycles. The molecule has 2 aliphatic rings. The number of benzene rings is 1. The summed E-state index contributed by atoms with van der Waals surface area (Å²) in [5, 5.41) is 7.82. The number of fused-ring (bicyclic) bond motifs is 1. The van der Waals surface area contributed by atoms with E-state index >= 15 is 0 Å². The van der Waals surface area contributed by atoms with E-state index in [9.17, 15) is 4.79 Å². The van der Waals surface area contributed by atoms with Gasteiger partial charge in [0, 0.05) is 43.9 Å². The number of likely N-dealkylation sites (N-methyl/N-ethyl adjacent to an activating group) is 1. The molecule has 0 unspecified atom stereocenters. The molecule has 1 fully saturated rings. The second-order valence-corrected chi connectivity index (χ2v) is 12.0. The Hall–Kier alpha value is -3.26. The predicted octanol–water partition coefficient (Wildman–Crippen LogP) is 6.17. The maximum absolute atomic E-state index is 11.8. The zero-order valence-electron chi connectivity index (χ0n) is 23.9. The fourth-order valence-electron chi connectivity index (χ4n) is 5.04. The fraction of sp³-hybridized carbons (Fsp3) is 0.548. The molecule has 5 rings (SSSR count). The number of aromatic nitrogens is 4. The van der Waals surface area contributed by atoms with Crippen molar-refractivity contribution in [1.29, 1.82) is 0 Å². The van der Waals surface area contributed by atoms with Gasteiger partial charge in [0.15, 0.2) is 0 Å². The molecule has 0 spiro atoms. The summed E-state index contributed by atoms with van der Waals surface area (Å²) in [6.07, 6.45) is 13.7. The molecule has 3 heterocycles. The maximum atomic E-state index is 11.8. The number of ether oxygens (including phenoxy) is 1. The Bertz CT molecular complexity index is 1330. The first-order chi connectivity index (χ1) is 18.7. The smallest absolute Gasteiger partial charge is 0.407 e. The second kappa shape index (κ2) is 11.9. The second-order valence-electron chi connectivity index (χ2n) is 12.0. The average molecular weight is 531 g/mol. The molecule has 208 valence electrons. The van der Waals surface area contributed by atoms with Crippen LogP contribution in [0.15, 0.2) is 36.7 Å². The Labute approximate surface area is 231 Å². The third-order valence-electron chi connectivity index (χ3n) is 7.34. The lowest BCUT2D eigenvalue weighted by molar-refractivity contribution is 0.0527. The summed E-state index contributed by atoms with van der Waals surface area (Å²) in [6, 6.07) is 6.46. The summed E-state index contributed by atoms with van der Waals surface area (Å²) >= 11 is 0. The van der Waals surface area contributed by atoms with Gasteiger partial charge in [-0.05, 0) is 83.2 Å². The number of alkyl carbamates (subject to hydrolysis) is 1. The Kier molecular flexibility index (Phi) is 8.31. The molecule has 8 heteroatoms. The highest BCUT2D eigenvalue weighted by atomic mass is 16.6. The van der Waals surface area contributed by atoms with Crippen LogP contribution in [0.4, 0.5) is 4.79 Å². The highest BCUT2D eigenvalue weighted by Crippen LogP contribution is 2.43. The van der Waals surface area contributed by atoms with Gasteiger partial charge in [-0.2, -0.15) is 5.10 Å². The minimum atomic E-state index is -0.461. The van der Waals surface area contributed by atoms with E-state index in [1.54, 1.807) is 0 Å². The first kappa shape index (κ1) is 27.3. The molecule has 0 bridgehead atoms. The average Bonchev–Trinajstić information content (AvgIpc) is 3.66. The van der Waals surface area contributed by atoms with Crippen molar-refractivity contribution in [3.8, 4) is 11.3 Å². The van der Waals surface area contributed by atoms with E-state index in [0.29, 0.717) is 12.5 Å². The van der Waals surface area contributed by atoms with Crippen LogP contribution in [0.25, 0.3) is 27.9 Å². The highest BCUT2D eigenvalue weighted by molar-refractivity contribution is 5.82. The number of rotatable bonds is 10. The van der Waals surface area contributed by atoms with Gasteiger partial charge in [-0.3, -0.25) is 9.67 Å². The summed E-state index contributed by atoms with van der Waals surface area (Å²) < 4.78 is 7.37. The van der Waals surface area contributed by atoms with Gasteiger partial charge in [-0.15, -0.1) is 0 Å². The van der Waals surface area contributed by atoms with Gasteiger partial charge < -0.3 is 15.0 Å². The molecule has 1 amide bonds. The number of nitrogens with one attached hydrogen (secondary N) is 1. The quantitative estimate of drug-likeness (QED) is 0.315. The molecule has 3 aromatic rings. The van der Waals surface area contributed by atoms with Gasteiger partial charge in [0.2, 0.25) is 0 Å². The van der Waals surface area contributed by atoms with Crippen LogP contribution in [0.1, 0.15) is 82.9 Å². The lowest BCUT2D eigenvalue weighted by Gasteiger charge is -2.22. The molecule has 8 nitrogen and oxygen atoms in total. The lowest BCUT2D eigenvalue weighted by Crippen LogP contribution is -2.32. The Morgan fingerprint density at radius 2 is 1.95 bits per heavy atom. The van der Waals surface area contributed by atoms with E-state index in [4.69, 9.17) is 19.8 Å². The standard InChI is InChI=1S/C31H42N6O2/c1-31(2,3)39-30(38)32-15-7-5-6-8-16-37-21-25(29(35-37)23-9-10-23)28-20-33-26-12-11-24(19-27(26)34-28)22-13-17-36(4)18-14-22/h11-13,19-21,23H,5-10,14-18H2,1-4H3,(H,32,38). The van der Waals surface area contributed by atoms with E-state index in [1.165, 1.54) is 29.7 Å². The van der Waals surface area contributed by atoms with Crippen LogP contribution in [0.5, 0.6) is 0 Å². The number of unbranched alkanes of at least 4 members (excludes halogenated alkanes) is 3. The summed E-state index contributed by atoms with van der Waals surface area (Å²) in [6.45, 7) is 9.23. The van der Waals surface area contributed by atoms with Gasteiger partial charge in [-0.1, -0.05) is 25.0 Å². The normalized spacial score (nSPS) is 16.4. The predicted molar refractivity (Wildman–Crippen MR) is 156 cm³/mol. The monoisotopic (exact) mass is 530 g/mol. The summed E-state index contributed by atoms with van der Waals surface area (Å²) in [5.41, 5.74) is 7.26. The molecule has 1 N–H and O–H groups in total. The number of hydrogen-bond donors (Lipinski definition) is 1. The van der Waals surface area contributed by atoms with Crippen LogP contribution in [0, 0.1) is 0 Å². The van der Waals surface area contributed by atoms with Gasteiger partial charge in [0.1, 0.15) is 5.60 Å². The minimum absolute atomic E-state index is 0.342. The van der Waals surface area contributed by atoms with Crippen molar-refractivity contribution in [2.24, 2.45) is 0 Å². The van der Waals surface area contributed by atoms with Crippen molar-refractivity contribution >= 4 is 22.7 Å². The molecule has 0 atom stereocenters. The summed E-state index contributed by atoms with van der Waals surface area (Å²) in [4.78, 5) is 23.9. The summed E-state index contributed by atoms with van der Waals surface area (Å²) in [5.74, 6) is 0.536. The first-order valence-electron chi connectivity index (χ1n) is 14.4. The van der Waals surface area contributed by atoms with E-state index in [0.717, 1.165) is 74.0 Å². The fourth-order valence-corrected chi connectivity index (χ4v) is 5.04. The number of hydrogen-bond acceptors (Lipinski definition) is 6. The zero-order valence-corrected chi connectivity index (χ0v) is 23.9. The van der Waals surface area contributed by atoms with Crippen molar-refractivity contribution in [2.45, 2.75) is 83.8 Å². The van der Waals surface area contributed by atoms with Crippen LogP contribution in [0.2, 0.25) is 0 Å². The minimum Gasteiger partial charge on any atom is -0.444 e. The lowest BCUT2D eigenvalue weighted by atomic mass is 9.99. The number of nitrogens with zero attached hydrogens (tertiary/aromatic N) is 5. The van der Waals surface area contributed by atoms with Crippen LogP contribution in [-0.4, -0.2) is 63.0 Å². The maximum Gasteiger partial charge on any atom is 0.407 e. The van der Waals surface area contributed by atoms with Crippen molar-refractivity contribution < 1.29 is 9.53 Å². The van der Waals surface area contributed by atoms with Crippen molar-refractivity contribution in [3.63, 3.8) is 0 Å². The van der Waals surface area contributed by atoms with Crippen LogP contribution in [0.3, 0.4) is 0 Å². The highest BCUT2D eigenvalue weighted by Gasteiger charge is 2.30. The molecule has 0 saturated heterocycles. The van der Waals surface area contributed by atoms with E-state index in [-0.39, 0.29) is 6.09 Å². The first-order valence-corrected chi connectivity index (χ1v) is 14.4. The molecular weight excluding hydrogens is 488 g/mol. The molecule has 1 aromatic carbocycles. The van der Waals surface area contributed by atoms with Gasteiger partial charge in [0.25, 0.3) is 0 Å².